The smallest absolute Gasteiger partial charge is 0.259 e. The molecule has 6 nitrogen and oxygen atoms in total. The Morgan fingerprint density at radius 1 is 0.588 bits per heavy atom. The molecule has 0 bridgehead atoms. The molecular weight excluding hydrogens is 424 g/mol. The Morgan fingerprint density at radius 2 is 1.00 bits per heavy atom. The highest BCUT2D eigenvalue weighted by Gasteiger charge is 2.41. The molecule has 6 heteroatoms. The van der Waals surface area contributed by atoms with Crippen molar-refractivity contribution in [3.8, 4) is 12.1 Å². The monoisotopic (exact) mass is 452 g/mol. The molecule has 34 heavy (non-hydrogen) atoms. The molecule has 0 aromatic heterocycles. The van der Waals surface area contributed by atoms with Gasteiger partial charge in [-0.05, 0) is 37.8 Å². The molecule has 0 unspecified atom stereocenters. The Hall–Kier alpha value is -3.90. The average molecular weight is 453 g/mol. The Morgan fingerprint density at radius 3 is 1.41 bits per heavy atom. The summed E-state index contributed by atoms with van der Waals surface area (Å²) in [6.45, 7) is 1.13. The van der Waals surface area contributed by atoms with Crippen molar-refractivity contribution in [3.63, 3.8) is 0 Å². The van der Waals surface area contributed by atoms with Crippen molar-refractivity contribution in [1.82, 2.24) is 0 Å². The number of para-hydroxylation sites is 2. The lowest BCUT2D eigenvalue weighted by Gasteiger charge is -2.17. The first-order valence-corrected chi connectivity index (χ1v) is 12.0. The van der Waals surface area contributed by atoms with Crippen molar-refractivity contribution >= 4 is 34.3 Å². The Kier molecular flexibility index (Phi) is 7.40. The number of carbonyl (C=O) groups excluding carboxylic acids is 2. The highest BCUT2D eigenvalue weighted by Crippen LogP contribution is 2.46. The van der Waals surface area contributed by atoms with Gasteiger partial charge in [-0.15, -0.1) is 0 Å². The molecule has 2 amide bonds. The minimum absolute atomic E-state index is 0.129. The van der Waals surface area contributed by atoms with Crippen LogP contribution in [0.1, 0.15) is 62.5 Å². The summed E-state index contributed by atoms with van der Waals surface area (Å²) < 4.78 is 0. The maximum atomic E-state index is 13.7. The highest BCUT2D eigenvalue weighted by atomic mass is 16.2. The molecule has 2 aromatic rings. The predicted molar refractivity (Wildman–Crippen MR) is 133 cm³/mol. The van der Waals surface area contributed by atoms with E-state index in [1.807, 2.05) is 48.5 Å². The number of benzene rings is 2. The first-order valence-electron chi connectivity index (χ1n) is 12.0. The summed E-state index contributed by atoms with van der Waals surface area (Å²) in [5.74, 6) is -0.258. The summed E-state index contributed by atoms with van der Waals surface area (Å²) in [5.41, 5.74) is 4.26. The van der Waals surface area contributed by atoms with Gasteiger partial charge >= 0.3 is 0 Å². The lowest BCUT2D eigenvalue weighted by atomic mass is 9.96. The third-order valence-electron chi connectivity index (χ3n) is 6.44. The average Bonchev–Trinajstić information content (AvgIpc) is 3.28. The molecule has 0 aliphatic carbocycles. The van der Waals surface area contributed by atoms with Gasteiger partial charge in [0.25, 0.3) is 11.8 Å². The fourth-order valence-electron chi connectivity index (χ4n) is 4.79. The molecule has 0 atom stereocenters. The Labute approximate surface area is 200 Å². The van der Waals surface area contributed by atoms with Crippen molar-refractivity contribution in [1.29, 1.82) is 10.5 Å². The standard InChI is InChI=1S/C28H28N4O2/c29-17-9-1-3-11-19-31-23-15-7-5-13-21(23)25(27(31)33)26-22-14-6-8-16-24(22)32(28(26)34)20-12-4-2-10-18-30/h5-8,13-16H,1-4,9-12,19-20H2/b26-25+. The first kappa shape index (κ1) is 23.3. The van der Waals surface area contributed by atoms with Gasteiger partial charge in [-0.3, -0.25) is 9.59 Å². The van der Waals surface area contributed by atoms with Gasteiger partial charge in [0.2, 0.25) is 0 Å². The highest BCUT2D eigenvalue weighted by molar-refractivity contribution is 6.49. The normalized spacial score (nSPS) is 16.4. The fraction of sp³-hybridized carbons (Fsp3) is 0.357. The van der Waals surface area contributed by atoms with E-state index in [-0.39, 0.29) is 11.8 Å². The molecule has 0 fully saturated rings. The molecule has 0 N–H and O–H groups in total. The molecule has 0 radical (unpaired) electrons. The van der Waals surface area contributed by atoms with Gasteiger partial charge in [0.1, 0.15) is 0 Å². The first-order chi connectivity index (χ1) is 16.7. The largest absolute Gasteiger partial charge is 0.308 e. The minimum atomic E-state index is -0.129. The number of nitrogens with zero attached hydrogens (tertiary/aromatic N) is 4. The van der Waals surface area contributed by atoms with Gasteiger partial charge in [0.15, 0.2) is 0 Å². The number of nitriles is 2. The summed E-state index contributed by atoms with van der Waals surface area (Å²) in [7, 11) is 0. The second-order valence-corrected chi connectivity index (χ2v) is 8.64. The van der Waals surface area contributed by atoms with E-state index in [0.717, 1.165) is 61.0 Å². The Bertz CT molecular complexity index is 1110. The molecule has 2 aromatic carbocycles. The van der Waals surface area contributed by atoms with E-state index in [1.165, 1.54) is 0 Å². The van der Waals surface area contributed by atoms with Crippen LogP contribution in [-0.4, -0.2) is 24.9 Å². The quantitative estimate of drug-likeness (QED) is 0.354. The number of hydrogen-bond donors (Lipinski definition) is 0. The van der Waals surface area contributed by atoms with Crippen LogP contribution in [0.5, 0.6) is 0 Å². The summed E-state index contributed by atoms with van der Waals surface area (Å²) in [4.78, 5) is 30.9. The molecular formula is C28H28N4O2. The van der Waals surface area contributed by atoms with Crippen LogP contribution in [0.2, 0.25) is 0 Å². The maximum absolute atomic E-state index is 13.7. The SMILES string of the molecule is N#CCCCCCN1C(=O)/C(=C2/C(=O)N(CCCCCC#N)c3ccccc32)c2ccccc21. The van der Waals surface area contributed by atoms with Gasteiger partial charge in [-0.25, -0.2) is 0 Å². The van der Waals surface area contributed by atoms with Gasteiger partial charge in [-0.1, -0.05) is 49.2 Å². The number of carbonyl (C=O) groups is 2. The van der Waals surface area contributed by atoms with Crippen LogP contribution < -0.4 is 9.80 Å². The zero-order valence-electron chi connectivity index (χ0n) is 19.3. The van der Waals surface area contributed by atoms with Crippen LogP contribution in [0.25, 0.3) is 11.1 Å². The van der Waals surface area contributed by atoms with E-state index >= 15 is 0 Å². The summed E-state index contributed by atoms with van der Waals surface area (Å²) in [6, 6.07) is 19.7. The molecule has 0 saturated carbocycles. The number of unbranched alkanes of at least 4 members (excludes halogenated alkanes) is 6. The number of fused-ring (bicyclic) bond motifs is 2. The third kappa shape index (κ3) is 4.45. The summed E-state index contributed by atoms with van der Waals surface area (Å²) in [6.07, 6.45) is 6.08. The van der Waals surface area contributed by atoms with Gasteiger partial charge in [-0.2, -0.15) is 10.5 Å². The van der Waals surface area contributed by atoms with E-state index in [2.05, 4.69) is 12.1 Å². The third-order valence-corrected chi connectivity index (χ3v) is 6.44. The Balaban J connectivity index is 1.65. The van der Waals surface area contributed by atoms with Crippen LogP contribution >= 0.6 is 0 Å². The van der Waals surface area contributed by atoms with Crippen molar-refractivity contribution in [2.45, 2.75) is 51.4 Å². The van der Waals surface area contributed by atoms with Gasteiger partial charge in [0, 0.05) is 37.1 Å². The molecule has 172 valence electrons. The van der Waals surface area contributed by atoms with E-state index < -0.39 is 0 Å². The summed E-state index contributed by atoms with van der Waals surface area (Å²) in [5, 5.41) is 17.5. The molecule has 2 heterocycles. The molecule has 2 aliphatic rings. The van der Waals surface area contributed by atoms with Crippen molar-refractivity contribution in [3.05, 3.63) is 59.7 Å². The lowest BCUT2D eigenvalue weighted by molar-refractivity contribution is -0.114. The number of hydrogen-bond acceptors (Lipinski definition) is 4. The number of anilines is 2. The van der Waals surface area contributed by atoms with Crippen molar-refractivity contribution < 1.29 is 9.59 Å². The molecule has 4 rings (SSSR count). The van der Waals surface area contributed by atoms with Crippen LogP contribution in [-0.2, 0) is 9.59 Å². The van der Waals surface area contributed by atoms with Gasteiger partial charge in [0.05, 0.1) is 34.7 Å². The molecule has 2 aliphatic heterocycles. The van der Waals surface area contributed by atoms with E-state index in [9.17, 15) is 9.59 Å². The lowest BCUT2D eigenvalue weighted by Crippen LogP contribution is -2.30. The van der Waals surface area contributed by atoms with Gasteiger partial charge < -0.3 is 9.80 Å². The minimum Gasteiger partial charge on any atom is -0.308 e. The van der Waals surface area contributed by atoms with E-state index in [4.69, 9.17) is 10.5 Å². The van der Waals surface area contributed by atoms with Crippen LogP contribution in [0.15, 0.2) is 48.5 Å². The van der Waals surface area contributed by atoms with E-state index in [0.29, 0.717) is 37.1 Å². The second-order valence-electron chi connectivity index (χ2n) is 8.64. The summed E-state index contributed by atoms with van der Waals surface area (Å²) >= 11 is 0. The second kappa shape index (κ2) is 10.8. The molecule has 0 saturated heterocycles. The van der Waals surface area contributed by atoms with E-state index in [1.54, 1.807) is 9.80 Å². The molecule has 0 spiro atoms. The maximum Gasteiger partial charge on any atom is 0.259 e. The van der Waals surface area contributed by atoms with Crippen molar-refractivity contribution in [2.75, 3.05) is 22.9 Å². The zero-order chi connectivity index (χ0) is 23.9. The number of rotatable bonds is 10. The van der Waals surface area contributed by atoms with Crippen LogP contribution in [0.4, 0.5) is 11.4 Å². The predicted octanol–water partition coefficient (Wildman–Crippen LogP) is 5.46. The fourth-order valence-corrected chi connectivity index (χ4v) is 4.79. The van der Waals surface area contributed by atoms with Crippen LogP contribution in [0.3, 0.4) is 0 Å². The number of amides is 2. The topological polar surface area (TPSA) is 88.2 Å². The van der Waals surface area contributed by atoms with Crippen LogP contribution in [0, 0.1) is 22.7 Å². The van der Waals surface area contributed by atoms with Crippen molar-refractivity contribution in [2.24, 2.45) is 0 Å². The zero-order valence-corrected chi connectivity index (χ0v) is 19.3.